The largest absolute Gasteiger partial charge is 0.486 e. The van der Waals surface area contributed by atoms with Crippen molar-refractivity contribution in [3.05, 3.63) is 48.4 Å². The summed E-state index contributed by atoms with van der Waals surface area (Å²) in [6, 6.07) is 11.2. The Balaban J connectivity index is 1.84. The van der Waals surface area contributed by atoms with E-state index in [9.17, 15) is 0 Å². The summed E-state index contributed by atoms with van der Waals surface area (Å²) in [6.07, 6.45) is 1.73. The summed E-state index contributed by atoms with van der Waals surface area (Å²) in [6.45, 7) is 0.385. The zero-order valence-corrected chi connectivity index (χ0v) is 10.6. The van der Waals surface area contributed by atoms with Gasteiger partial charge < -0.3 is 15.0 Å². The standard InChI is InChI=1S/C14H14N4O/c1-18-12-6-3-7-16-14(12)17-13(18)9-19-11-5-2-4-10(15)8-11/h2-8H,9,15H2,1H3. The molecule has 0 saturated carbocycles. The molecule has 0 unspecified atom stereocenters. The van der Waals surface area contributed by atoms with Gasteiger partial charge in [0.15, 0.2) is 5.65 Å². The zero-order valence-electron chi connectivity index (χ0n) is 10.6. The van der Waals surface area contributed by atoms with E-state index in [2.05, 4.69) is 9.97 Å². The van der Waals surface area contributed by atoms with Crippen molar-refractivity contribution in [2.45, 2.75) is 6.61 Å². The van der Waals surface area contributed by atoms with Crippen LogP contribution >= 0.6 is 0 Å². The summed E-state index contributed by atoms with van der Waals surface area (Å²) >= 11 is 0. The number of pyridine rings is 1. The topological polar surface area (TPSA) is 66.0 Å². The third kappa shape index (κ3) is 2.22. The molecule has 2 aromatic heterocycles. The lowest BCUT2D eigenvalue weighted by Crippen LogP contribution is -2.03. The predicted molar refractivity (Wildman–Crippen MR) is 73.7 cm³/mol. The van der Waals surface area contributed by atoms with Gasteiger partial charge in [-0.1, -0.05) is 6.07 Å². The molecule has 2 N–H and O–H groups in total. The summed E-state index contributed by atoms with van der Waals surface area (Å²) in [5.41, 5.74) is 8.12. The molecule has 0 radical (unpaired) electrons. The van der Waals surface area contributed by atoms with E-state index >= 15 is 0 Å². The molecule has 0 amide bonds. The summed E-state index contributed by atoms with van der Waals surface area (Å²) in [5.74, 6) is 1.57. The second-order valence-corrected chi connectivity index (χ2v) is 4.29. The Morgan fingerprint density at radius 1 is 1.26 bits per heavy atom. The summed E-state index contributed by atoms with van der Waals surface area (Å²) < 4.78 is 7.67. The Morgan fingerprint density at radius 2 is 2.16 bits per heavy atom. The monoisotopic (exact) mass is 254 g/mol. The Hall–Kier alpha value is -2.56. The first kappa shape index (κ1) is 11.5. The Morgan fingerprint density at radius 3 is 2.95 bits per heavy atom. The Labute approximate surface area is 110 Å². The number of fused-ring (bicyclic) bond motifs is 1. The lowest BCUT2D eigenvalue weighted by molar-refractivity contribution is 0.292. The molecule has 0 aliphatic rings. The predicted octanol–water partition coefficient (Wildman–Crippen LogP) is 2.13. The first-order chi connectivity index (χ1) is 9.24. The van der Waals surface area contributed by atoms with Crippen molar-refractivity contribution in [3.63, 3.8) is 0 Å². The van der Waals surface area contributed by atoms with Gasteiger partial charge in [-0.05, 0) is 24.3 Å². The minimum atomic E-state index is 0.385. The summed E-state index contributed by atoms with van der Waals surface area (Å²) in [7, 11) is 1.95. The molecule has 1 aromatic carbocycles. The fourth-order valence-corrected chi connectivity index (χ4v) is 1.95. The molecule has 96 valence electrons. The van der Waals surface area contributed by atoms with Crippen LogP contribution in [0.3, 0.4) is 0 Å². The van der Waals surface area contributed by atoms with Gasteiger partial charge in [0, 0.05) is 25.0 Å². The molecule has 0 aliphatic carbocycles. The van der Waals surface area contributed by atoms with E-state index in [1.807, 2.05) is 41.9 Å². The molecule has 3 rings (SSSR count). The summed E-state index contributed by atoms with van der Waals surface area (Å²) in [5, 5.41) is 0. The highest BCUT2D eigenvalue weighted by molar-refractivity contribution is 5.71. The maximum Gasteiger partial charge on any atom is 0.178 e. The number of nitrogens with zero attached hydrogens (tertiary/aromatic N) is 3. The van der Waals surface area contributed by atoms with Gasteiger partial charge in [-0.25, -0.2) is 9.97 Å². The number of hydrogen-bond donors (Lipinski definition) is 1. The van der Waals surface area contributed by atoms with Crippen LogP contribution in [0, 0.1) is 0 Å². The fourth-order valence-electron chi connectivity index (χ4n) is 1.95. The highest BCUT2D eigenvalue weighted by Gasteiger charge is 2.08. The number of imidazole rings is 1. The van der Waals surface area contributed by atoms with Crippen molar-refractivity contribution in [2.75, 3.05) is 5.73 Å². The molecule has 5 heteroatoms. The number of nitrogen functional groups attached to an aromatic ring is 1. The SMILES string of the molecule is Cn1c(COc2cccc(N)c2)nc2ncccc21. The quantitative estimate of drug-likeness (QED) is 0.727. The highest BCUT2D eigenvalue weighted by Crippen LogP contribution is 2.17. The van der Waals surface area contributed by atoms with Crippen LogP contribution in [0.5, 0.6) is 5.75 Å². The molecule has 5 nitrogen and oxygen atoms in total. The molecule has 0 saturated heterocycles. The van der Waals surface area contributed by atoms with Gasteiger partial charge in [0.1, 0.15) is 18.2 Å². The normalized spacial score (nSPS) is 10.8. The second-order valence-electron chi connectivity index (χ2n) is 4.29. The molecular weight excluding hydrogens is 240 g/mol. The van der Waals surface area contributed by atoms with Gasteiger partial charge in [-0.3, -0.25) is 0 Å². The van der Waals surface area contributed by atoms with Crippen molar-refractivity contribution < 1.29 is 4.74 Å². The lowest BCUT2D eigenvalue weighted by Gasteiger charge is -2.06. The molecule has 3 aromatic rings. The number of hydrogen-bond acceptors (Lipinski definition) is 4. The number of rotatable bonds is 3. The molecule has 0 spiro atoms. The van der Waals surface area contributed by atoms with Gasteiger partial charge in [0.05, 0.1) is 5.52 Å². The smallest absolute Gasteiger partial charge is 0.178 e. The van der Waals surface area contributed by atoms with Crippen LogP contribution in [0.25, 0.3) is 11.2 Å². The number of nitrogens with two attached hydrogens (primary N) is 1. The van der Waals surface area contributed by atoms with Crippen molar-refractivity contribution in [3.8, 4) is 5.75 Å². The van der Waals surface area contributed by atoms with Crippen molar-refractivity contribution >= 4 is 16.9 Å². The van der Waals surface area contributed by atoms with E-state index in [1.54, 1.807) is 12.3 Å². The van der Waals surface area contributed by atoms with E-state index in [0.29, 0.717) is 12.3 Å². The Bertz CT molecular complexity index is 720. The van der Waals surface area contributed by atoms with Gasteiger partial charge in [0.25, 0.3) is 0 Å². The van der Waals surface area contributed by atoms with Gasteiger partial charge in [0.2, 0.25) is 0 Å². The van der Waals surface area contributed by atoms with E-state index in [0.717, 1.165) is 22.7 Å². The van der Waals surface area contributed by atoms with Crippen LogP contribution in [0.15, 0.2) is 42.6 Å². The third-order valence-electron chi connectivity index (χ3n) is 2.98. The number of aryl methyl sites for hydroxylation is 1. The second kappa shape index (κ2) is 4.61. The van der Waals surface area contributed by atoms with E-state index in [4.69, 9.17) is 10.5 Å². The van der Waals surface area contributed by atoms with E-state index in [1.165, 1.54) is 0 Å². The maximum absolute atomic E-state index is 5.71. The van der Waals surface area contributed by atoms with E-state index in [-0.39, 0.29) is 0 Å². The third-order valence-corrected chi connectivity index (χ3v) is 2.98. The highest BCUT2D eigenvalue weighted by atomic mass is 16.5. The number of anilines is 1. The molecular formula is C14H14N4O. The van der Waals surface area contributed by atoms with Crippen LogP contribution in [0.4, 0.5) is 5.69 Å². The van der Waals surface area contributed by atoms with Gasteiger partial charge in [-0.2, -0.15) is 0 Å². The van der Waals surface area contributed by atoms with Crippen LogP contribution in [-0.4, -0.2) is 14.5 Å². The van der Waals surface area contributed by atoms with Gasteiger partial charge in [-0.15, -0.1) is 0 Å². The van der Waals surface area contributed by atoms with Gasteiger partial charge >= 0.3 is 0 Å². The minimum Gasteiger partial charge on any atom is -0.486 e. The van der Waals surface area contributed by atoms with Crippen LogP contribution in [-0.2, 0) is 13.7 Å². The average molecular weight is 254 g/mol. The molecule has 0 aliphatic heterocycles. The lowest BCUT2D eigenvalue weighted by atomic mass is 10.3. The first-order valence-corrected chi connectivity index (χ1v) is 5.99. The molecule has 19 heavy (non-hydrogen) atoms. The van der Waals surface area contributed by atoms with E-state index < -0.39 is 0 Å². The molecule has 2 heterocycles. The Kier molecular flexibility index (Phi) is 2.79. The summed E-state index contributed by atoms with van der Waals surface area (Å²) in [4.78, 5) is 8.67. The maximum atomic E-state index is 5.71. The molecule has 0 fully saturated rings. The molecule has 0 bridgehead atoms. The van der Waals surface area contributed by atoms with Crippen LogP contribution in [0.1, 0.15) is 5.82 Å². The minimum absolute atomic E-state index is 0.385. The van der Waals surface area contributed by atoms with Crippen molar-refractivity contribution in [1.82, 2.24) is 14.5 Å². The first-order valence-electron chi connectivity index (χ1n) is 5.99. The molecule has 0 atom stereocenters. The zero-order chi connectivity index (χ0) is 13.2. The van der Waals surface area contributed by atoms with Crippen molar-refractivity contribution in [1.29, 1.82) is 0 Å². The van der Waals surface area contributed by atoms with Crippen molar-refractivity contribution in [2.24, 2.45) is 7.05 Å². The van der Waals surface area contributed by atoms with Crippen LogP contribution in [0.2, 0.25) is 0 Å². The average Bonchev–Trinajstić information content (AvgIpc) is 2.74. The number of benzene rings is 1. The fraction of sp³-hybridized carbons (Fsp3) is 0.143. The number of aromatic nitrogens is 3. The number of ether oxygens (including phenoxy) is 1. The van der Waals surface area contributed by atoms with Crippen LogP contribution < -0.4 is 10.5 Å².